The lowest BCUT2D eigenvalue weighted by molar-refractivity contribution is -0.140. The summed E-state index contributed by atoms with van der Waals surface area (Å²) in [5.74, 6) is -2.59. The van der Waals surface area contributed by atoms with E-state index in [4.69, 9.17) is 28.6 Å². The number of hydrogen-bond donors (Lipinski definition) is 2. The molecule has 26 heavy (non-hydrogen) atoms. The number of carbonyl (C=O) groups excluding carboxylic acids is 3. The van der Waals surface area contributed by atoms with Crippen LogP contribution in [0.1, 0.15) is 27.2 Å². The fourth-order valence-corrected chi connectivity index (χ4v) is 2.59. The fourth-order valence-electron chi connectivity index (χ4n) is 2.30. The molecular weight excluding hydrogens is 381 g/mol. The van der Waals surface area contributed by atoms with Crippen LogP contribution in [0.3, 0.4) is 0 Å². The third-order valence-electron chi connectivity index (χ3n) is 3.52. The summed E-state index contributed by atoms with van der Waals surface area (Å²) < 4.78 is 0. The molecule has 3 amide bonds. The molecule has 0 radical (unpaired) electrons. The molecule has 8 nitrogen and oxygen atoms in total. The van der Waals surface area contributed by atoms with Gasteiger partial charge in [0.1, 0.15) is 0 Å². The summed E-state index contributed by atoms with van der Waals surface area (Å²) in [5.41, 5.74) is 0.298. The van der Waals surface area contributed by atoms with Crippen LogP contribution in [0.4, 0.5) is 5.69 Å². The zero-order valence-electron chi connectivity index (χ0n) is 14.3. The zero-order valence-corrected chi connectivity index (χ0v) is 15.9. The molecule has 10 heteroatoms. The Labute approximate surface area is 160 Å². The third kappa shape index (κ3) is 3.86. The average molecular weight is 398 g/mol. The van der Waals surface area contributed by atoms with E-state index in [9.17, 15) is 14.4 Å². The van der Waals surface area contributed by atoms with Gasteiger partial charge >= 0.3 is 11.8 Å². The smallest absolute Gasteiger partial charge is 0.287 e. The molecule has 2 rings (SSSR count). The van der Waals surface area contributed by atoms with E-state index >= 15 is 0 Å². The van der Waals surface area contributed by atoms with Crippen LogP contribution in [0.15, 0.2) is 23.2 Å². The van der Waals surface area contributed by atoms with Gasteiger partial charge in [-0.3, -0.25) is 30.0 Å². The van der Waals surface area contributed by atoms with Crippen molar-refractivity contribution in [3.8, 4) is 0 Å². The maximum absolute atomic E-state index is 12.3. The van der Waals surface area contributed by atoms with E-state index in [1.807, 2.05) is 0 Å². The molecule has 1 saturated heterocycles. The molecule has 0 aliphatic carbocycles. The van der Waals surface area contributed by atoms with Crippen molar-refractivity contribution in [2.75, 3.05) is 4.90 Å². The highest BCUT2D eigenvalue weighted by molar-refractivity contribution is 6.46. The summed E-state index contributed by atoms with van der Waals surface area (Å²) in [6.07, 6.45) is 0.104. The maximum atomic E-state index is 12.3. The van der Waals surface area contributed by atoms with Gasteiger partial charge in [0.2, 0.25) is 17.8 Å². The lowest BCUT2D eigenvalue weighted by atomic mass is 10.2. The molecule has 1 aromatic carbocycles. The number of guanidine groups is 2. The van der Waals surface area contributed by atoms with Crippen LogP contribution < -0.4 is 10.2 Å². The van der Waals surface area contributed by atoms with Gasteiger partial charge < -0.3 is 0 Å². The van der Waals surface area contributed by atoms with Crippen molar-refractivity contribution < 1.29 is 14.4 Å². The molecule has 1 aliphatic heterocycles. The Bertz CT molecular complexity index is 822. The molecule has 1 aliphatic rings. The Morgan fingerprint density at radius 1 is 1.31 bits per heavy atom. The van der Waals surface area contributed by atoms with Crippen molar-refractivity contribution in [1.82, 2.24) is 10.2 Å². The van der Waals surface area contributed by atoms with Crippen LogP contribution in [0.25, 0.3) is 0 Å². The first-order valence-electron chi connectivity index (χ1n) is 7.77. The van der Waals surface area contributed by atoms with Crippen LogP contribution in [0.2, 0.25) is 10.0 Å². The summed E-state index contributed by atoms with van der Waals surface area (Å²) in [6.45, 7) is 5.03. The summed E-state index contributed by atoms with van der Waals surface area (Å²) in [6, 6.07) is 4.10. The van der Waals surface area contributed by atoms with E-state index in [-0.39, 0.29) is 23.4 Å². The number of nitrogens with one attached hydrogen (secondary N) is 2. The number of rotatable bonds is 3. The highest BCUT2D eigenvalue weighted by atomic mass is 35.5. The van der Waals surface area contributed by atoms with Crippen molar-refractivity contribution in [2.45, 2.75) is 33.2 Å². The summed E-state index contributed by atoms with van der Waals surface area (Å²) in [5, 5.41) is 11.0. The fraction of sp³-hybridized carbons (Fsp3) is 0.312. The second-order valence-electron chi connectivity index (χ2n) is 5.66. The first kappa shape index (κ1) is 19.9. The van der Waals surface area contributed by atoms with E-state index in [0.29, 0.717) is 10.7 Å². The number of benzene rings is 1. The van der Waals surface area contributed by atoms with Crippen molar-refractivity contribution in [3.05, 3.63) is 28.2 Å². The molecule has 2 N–H and O–H groups in total. The quantitative estimate of drug-likeness (QED) is 0.464. The second-order valence-corrected chi connectivity index (χ2v) is 6.48. The number of nitrogens with zero attached hydrogens (tertiary/aromatic N) is 3. The second kappa shape index (κ2) is 7.84. The number of carbonyl (C=O) groups is 3. The Balaban J connectivity index is 2.44. The molecule has 1 heterocycles. The van der Waals surface area contributed by atoms with Crippen molar-refractivity contribution in [1.29, 1.82) is 5.41 Å². The van der Waals surface area contributed by atoms with Crippen LogP contribution in [-0.2, 0) is 14.4 Å². The highest BCUT2D eigenvalue weighted by Gasteiger charge is 2.37. The van der Waals surface area contributed by atoms with E-state index in [1.165, 1.54) is 18.2 Å². The van der Waals surface area contributed by atoms with Crippen LogP contribution in [-0.4, -0.2) is 40.6 Å². The van der Waals surface area contributed by atoms with Crippen molar-refractivity contribution in [3.63, 3.8) is 0 Å². The molecule has 0 spiro atoms. The van der Waals surface area contributed by atoms with Crippen LogP contribution >= 0.6 is 23.2 Å². The molecule has 0 unspecified atom stereocenters. The predicted octanol–water partition coefficient (Wildman–Crippen LogP) is 2.39. The summed E-state index contributed by atoms with van der Waals surface area (Å²) in [4.78, 5) is 42.0. The number of anilines is 1. The van der Waals surface area contributed by atoms with Gasteiger partial charge in [-0.1, -0.05) is 30.1 Å². The number of hydrogen-bond acceptors (Lipinski definition) is 4. The van der Waals surface area contributed by atoms with Gasteiger partial charge in [0.05, 0.1) is 15.7 Å². The minimum absolute atomic E-state index is 0.103. The average Bonchev–Trinajstić information content (AvgIpc) is 2.84. The summed E-state index contributed by atoms with van der Waals surface area (Å²) >= 11 is 11.9. The number of amides is 3. The lowest BCUT2D eigenvalue weighted by Crippen LogP contribution is -2.41. The highest BCUT2D eigenvalue weighted by Crippen LogP contribution is 2.28. The first-order valence-corrected chi connectivity index (χ1v) is 8.52. The molecular formula is C16H17Cl2N5O3. The number of aliphatic imine (C=N–C) groups is 1. The zero-order chi connectivity index (χ0) is 19.6. The van der Waals surface area contributed by atoms with Gasteiger partial charge in [0.15, 0.2) is 0 Å². The third-order valence-corrected chi connectivity index (χ3v) is 4.26. The van der Waals surface area contributed by atoms with Gasteiger partial charge in [-0.2, -0.15) is 4.99 Å². The van der Waals surface area contributed by atoms with Gasteiger partial charge in [-0.25, -0.2) is 4.90 Å². The van der Waals surface area contributed by atoms with Crippen molar-refractivity contribution in [2.24, 2.45) is 4.99 Å². The molecule has 138 valence electrons. The minimum Gasteiger partial charge on any atom is -0.287 e. The minimum atomic E-state index is -0.840. The molecule has 0 aromatic heterocycles. The van der Waals surface area contributed by atoms with Gasteiger partial charge in [-0.15, -0.1) is 0 Å². The van der Waals surface area contributed by atoms with Crippen LogP contribution in [0.5, 0.6) is 0 Å². The van der Waals surface area contributed by atoms with Crippen molar-refractivity contribution >= 4 is 58.5 Å². The maximum Gasteiger partial charge on any atom is 0.319 e. The van der Waals surface area contributed by atoms with E-state index in [1.54, 1.807) is 20.8 Å². The Morgan fingerprint density at radius 2 is 1.96 bits per heavy atom. The Hall–Kier alpha value is -2.45. The predicted molar refractivity (Wildman–Crippen MR) is 99.5 cm³/mol. The van der Waals surface area contributed by atoms with Gasteiger partial charge in [-0.05, 0) is 32.0 Å². The standard InChI is InChI=1S/C16H17Cl2N5O3/c1-4-12(24)23(9-5-6-10(17)11(18)7-9)15(19)21-16-20-13(25)14(26)22(16)8(2)3/h5-8H,4H2,1-3H3,(H2,19,20,21,25). The van der Waals surface area contributed by atoms with E-state index in [0.717, 1.165) is 9.80 Å². The summed E-state index contributed by atoms with van der Waals surface area (Å²) in [7, 11) is 0. The molecule has 0 atom stereocenters. The van der Waals surface area contributed by atoms with E-state index in [2.05, 4.69) is 10.3 Å². The lowest BCUT2D eigenvalue weighted by Gasteiger charge is -2.23. The number of halogens is 2. The normalized spacial score (nSPS) is 15.6. The monoisotopic (exact) mass is 397 g/mol. The SMILES string of the molecule is CCC(=O)N(C(=N)N=C1NC(=O)C(=O)N1C(C)C)c1ccc(Cl)c(Cl)c1. The topological polar surface area (TPSA) is 106 Å². The van der Waals surface area contributed by atoms with Gasteiger partial charge in [0, 0.05) is 12.5 Å². The molecule has 0 saturated carbocycles. The Morgan fingerprint density at radius 3 is 2.50 bits per heavy atom. The largest absolute Gasteiger partial charge is 0.319 e. The Kier molecular flexibility index (Phi) is 5.99. The van der Waals surface area contributed by atoms with E-state index < -0.39 is 23.7 Å². The molecule has 1 fully saturated rings. The molecule has 0 bridgehead atoms. The van der Waals surface area contributed by atoms with Crippen LogP contribution in [0, 0.1) is 5.41 Å². The molecule has 1 aromatic rings. The first-order chi connectivity index (χ1) is 12.2. The van der Waals surface area contributed by atoms with Gasteiger partial charge in [0.25, 0.3) is 0 Å².